The van der Waals surface area contributed by atoms with Gasteiger partial charge >= 0.3 is 24.2 Å². The Bertz CT molecular complexity index is 1090. The summed E-state index contributed by atoms with van der Waals surface area (Å²) in [6.07, 6.45) is -8.33. The van der Waals surface area contributed by atoms with Gasteiger partial charge in [0.1, 0.15) is 0 Å². The Morgan fingerprint density at radius 3 is 1.95 bits per heavy atom. The fraction of sp³-hybridized carbons (Fsp3) is 0.536. The highest BCUT2D eigenvalue weighted by Crippen LogP contribution is 2.46. The Morgan fingerprint density at radius 1 is 0.897 bits per heavy atom. The maximum atomic E-state index is 13.9. The van der Waals surface area contributed by atoms with Crippen molar-refractivity contribution in [2.75, 3.05) is 6.54 Å². The highest BCUT2D eigenvalue weighted by molar-refractivity contribution is 5.67. The molecule has 216 valence electrons. The molecular weight excluding hydrogens is 534 g/mol. The molecule has 1 aliphatic rings. The molecule has 3 rings (SSSR count). The molecule has 2 aromatic rings. The van der Waals surface area contributed by atoms with Crippen molar-refractivity contribution >= 4 is 5.97 Å². The van der Waals surface area contributed by atoms with Crippen molar-refractivity contribution in [2.45, 2.75) is 76.3 Å². The molecule has 11 heteroatoms. The number of hydrogen-bond acceptors (Lipinski definition) is 2. The highest BCUT2D eigenvalue weighted by atomic mass is 19.4. The molecule has 0 radical (unpaired) electrons. The number of piperidine rings is 1. The average Bonchev–Trinajstić information content (AvgIpc) is 2.83. The molecule has 0 bridgehead atoms. The van der Waals surface area contributed by atoms with E-state index in [-0.39, 0.29) is 18.3 Å². The van der Waals surface area contributed by atoms with Gasteiger partial charge in [0.15, 0.2) is 0 Å². The van der Waals surface area contributed by atoms with E-state index in [1.165, 1.54) is 24.3 Å². The van der Waals surface area contributed by atoms with Crippen LogP contribution in [-0.2, 0) is 16.9 Å². The van der Waals surface area contributed by atoms with Crippen LogP contribution < -0.4 is 0 Å². The molecule has 0 amide bonds. The van der Waals surface area contributed by atoms with Crippen LogP contribution in [0.15, 0.2) is 48.5 Å². The van der Waals surface area contributed by atoms with Gasteiger partial charge in [-0.3, -0.25) is 9.69 Å². The van der Waals surface area contributed by atoms with E-state index in [1.54, 1.807) is 0 Å². The van der Waals surface area contributed by atoms with Gasteiger partial charge in [-0.25, -0.2) is 0 Å². The topological polar surface area (TPSA) is 40.5 Å². The summed E-state index contributed by atoms with van der Waals surface area (Å²) in [4.78, 5) is 13.4. The summed E-state index contributed by atoms with van der Waals surface area (Å²) in [5, 5.41) is 9.32. The SMILES string of the molecule is CC(C)CC[C@H](c1ccc(C(F)(F)C(F)(F)F)cc1)N1CC[C@@H](CC(=O)O)C[C@H]1c1ccc(C(F)(F)F)cc1. The van der Waals surface area contributed by atoms with Gasteiger partial charge in [-0.15, -0.1) is 0 Å². The number of hydrogen-bond donors (Lipinski definition) is 1. The van der Waals surface area contributed by atoms with Gasteiger partial charge in [-0.1, -0.05) is 50.2 Å². The molecule has 1 saturated heterocycles. The molecule has 1 fully saturated rings. The van der Waals surface area contributed by atoms with Crippen LogP contribution in [0.25, 0.3) is 0 Å². The lowest BCUT2D eigenvalue weighted by molar-refractivity contribution is -0.289. The zero-order valence-electron chi connectivity index (χ0n) is 21.5. The van der Waals surface area contributed by atoms with Crippen molar-refractivity contribution in [3.05, 3.63) is 70.8 Å². The van der Waals surface area contributed by atoms with E-state index in [0.717, 1.165) is 24.3 Å². The van der Waals surface area contributed by atoms with Crippen molar-refractivity contribution in [3.63, 3.8) is 0 Å². The second-order valence-electron chi connectivity index (χ2n) is 10.5. The number of carboxylic acid groups (broad SMARTS) is 1. The fourth-order valence-corrected chi connectivity index (χ4v) is 5.18. The van der Waals surface area contributed by atoms with Crippen molar-refractivity contribution < 1.29 is 45.0 Å². The Hall–Kier alpha value is -2.69. The number of alkyl halides is 8. The Morgan fingerprint density at radius 2 is 1.46 bits per heavy atom. The van der Waals surface area contributed by atoms with E-state index < -0.39 is 47.5 Å². The lowest BCUT2D eigenvalue weighted by Gasteiger charge is -2.44. The highest BCUT2D eigenvalue weighted by Gasteiger charge is 2.58. The molecule has 0 aromatic heterocycles. The monoisotopic (exact) mass is 565 g/mol. The molecule has 39 heavy (non-hydrogen) atoms. The average molecular weight is 566 g/mol. The largest absolute Gasteiger partial charge is 0.481 e. The molecule has 0 unspecified atom stereocenters. The van der Waals surface area contributed by atoms with Gasteiger partial charge in [0, 0.05) is 24.1 Å². The van der Waals surface area contributed by atoms with Crippen molar-refractivity contribution in [1.29, 1.82) is 0 Å². The normalized spacial score (nSPS) is 20.3. The number of carboxylic acids is 1. The van der Waals surface area contributed by atoms with Crippen LogP contribution in [0.1, 0.15) is 80.3 Å². The molecule has 3 atom stereocenters. The minimum atomic E-state index is -5.74. The van der Waals surface area contributed by atoms with Crippen molar-refractivity contribution in [2.24, 2.45) is 11.8 Å². The van der Waals surface area contributed by atoms with Crippen molar-refractivity contribution in [3.8, 4) is 0 Å². The molecule has 1 aliphatic heterocycles. The number of aliphatic carboxylic acids is 1. The second-order valence-corrected chi connectivity index (χ2v) is 10.5. The Balaban J connectivity index is 2.01. The summed E-state index contributed by atoms with van der Waals surface area (Å²) in [6.45, 7) is 4.35. The summed E-state index contributed by atoms with van der Waals surface area (Å²) in [6, 6.07) is 7.74. The van der Waals surface area contributed by atoms with Gasteiger partial charge in [-0.2, -0.15) is 35.1 Å². The molecule has 1 heterocycles. The predicted molar refractivity (Wildman–Crippen MR) is 129 cm³/mol. The quantitative estimate of drug-likeness (QED) is 0.309. The van der Waals surface area contributed by atoms with E-state index in [4.69, 9.17) is 0 Å². The van der Waals surface area contributed by atoms with Gasteiger partial charge in [0.2, 0.25) is 0 Å². The van der Waals surface area contributed by atoms with Crippen LogP contribution in [0.2, 0.25) is 0 Å². The summed E-state index contributed by atoms with van der Waals surface area (Å²) < 4.78 is 106. The second kappa shape index (κ2) is 11.8. The van der Waals surface area contributed by atoms with Crippen LogP contribution in [0.5, 0.6) is 0 Å². The maximum Gasteiger partial charge on any atom is 0.458 e. The van der Waals surface area contributed by atoms with E-state index in [0.29, 0.717) is 43.4 Å². The Labute approximate surface area is 221 Å². The number of rotatable bonds is 9. The lowest BCUT2D eigenvalue weighted by Crippen LogP contribution is -2.40. The number of carbonyl (C=O) groups is 1. The summed E-state index contributed by atoms with van der Waals surface area (Å²) in [7, 11) is 0. The number of halogens is 8. The van der Waals surface area contributed by atoms with Crippen LogP contribution in [-0.4, -0.2) is 28.7 Å². The van der Waals surface area contributed by atoms with E-state index >= 15 is 0 Å². The summed E-state index contributed by atoms with van der Waals surface area (Å²) in [5.74, 6) is -5.99. The zero-order chi connectivity index (χ0) is 29.2. The first kappa shape index (κ1) is 30.8. The third kappa shape index (κ3) is 7.49. The predicted octanol–water partition coefficient (Wildman–Crippen LogP) is 8.76. The minimum Gasteiger partial charge on any atom is -0.481 e. The third-order valence-corrected chi connectivity index (χ3v) is 7.27. The van der Waals surface area contributed by atoms with Gasteiger partial charge in [0.25, 0.3) is 0 Å². The van der Waals surface area contributed by atoms with E-state index in [9.17, 15) is 45.0 Å². The lowest BCUT2D eigenvalue weighted by atomic mass is 9.82. The molecule has 0 spiro atoms. The van der Waals surface area contributed by atoms with Crippen LogP contribution in [0.3, 0.4) is 0 Å². The molecule has 0 saturated carbocycles. The number of benzene rings is 2. The Kier molecular flexibility index (Phi) is 9.35. The van der Waals surface area contributed by atoms with Gasteiger partial charge < -0.3 is 5.11 Å². The standard InChI is InChI=1S/C28H31F8NO2/c1-17(2)3-12-23(19-4-8-21(9-5-19)26(29,30)28(34,35)36)37-14-13-18(16-25(38)39)15-24(37)20-6-10-22(11-7-20)27(31,32)33/h4-11,17-18,23-24H,3,12-16H2,1-2H3,(H,38,39)/t18-,23-,24+/m1/s1. The van der Waals surface area contributed by atoms with Crippen LogP contribution in [0, 0.1) is 11.8 Å². The smallest absolute Gasteiger partial charge is 0.458 e. The molecule has 3 nitrogen and oxygen atoms in total. The van der Waals surface area contributed by atoms with Gasteiger partial charge in [-0.05, 0) is 67.3 Å². The van der Waals surface area contributed by atoms with E-state index in [1.807, 2.05) is 18.7 Å². The first-order valence-corrected chi connectivity index (χ1v) is 12.7. The molecule has 1 N–H and O–H groups in total. The first-order valence-electron chi connectivity index (χ1n) is 12.7. The molecular formula is C28H31F8NO2. The fourth-order valence-electron chi connectivity index (χ4n) is 5.18. The van der Waals surface area contributed by atoms with Crippen LogP contribution >= 0.6 is 0 Å². The summed E-state index contributed by atoms with van der Waals surface area (Å²) >= 11 is 0. The zero-order valence-corrected chi connectivity index (χ0v) is 21.5. The summed E-state index contributed by atoms with van der Waals surface area (Å²) in [5.41, 5.74) is -0.951. The third-order valence-electron chi connectivity index (χ3n) is 7.27. The number of nitrogens with zero attached hydrogens (tertiary/aromatic N) is 1. The van der Waals surface area contributed by atoms with Crippen molar-refractivity contribution in [1.82, 2.24) is 4.90 Å². The van der Waals surface area contributed by atoms with E-state index in [2.05, 4.69) is 0 Å². The first-order chi connectivity index (χ1) is 18.0. The molecule has 0 aliphatic carbocycles. The van der Waals surface area contributed by atoms with Crippen LogP contribution in [0.4, 0.5) is 35.1 Å². The minimum absolute atomic E-state index is 0.108. The number of likely N-dealkylation sites (tertiary alicyclic amines) is 1. The molecule has 2 aromatic carbocycles. The maximum absolute atomic E-state index is 13.9. The van der Waals surface area contributed by atoms with Gasteiger partial charge in [0.05, 0.1) is 5.56 Å².